The van der Waals surface area contributed by atoms with E-state index in [1.807, 2.05) is 0 Å². The van der Waals surface area contributed by atoms with Crippen LogP contribution in [0, 0.1) is 6.92 Å². The minimum absolute atomic E-state index is 0.183. The Balaban J connectivity index is 1.84. The highest BCUT2D eigenvalue weighted by Gasteiger charge is 2.08. The van der Waals surface area contributed by atoms with Crippen LogP contribution in [0.5, 0.6) is 11.5 Å². The van der Waals surface area contributed by atoms with E-state index in [9.17, 15) is 9.59 Å². The summed E-state index contributed by atoms with van der Waals surface area (Å²) in [5.74, 6) is 0.574. The van der Waals surface area contributed by atoms with Gasteiger partial charge in [-0.15, -0.1) is 0 Å². The number of pyridine rings is 1. The lowest BCUT2D eigenvalue weighted by Crippen LogP contribution is -2.34. The molecule has 0 fully saturated rings. The van der Waals surface area contributed by atoms with Crippen LogP contribution in [0.1, 0.15) is 5.69 Å². The number of ether oxygens (including phenoxy) is 2. The van der Waals surface area contributed by atoms with E-state index in [4.69, 9.17) is 32.7 Å². The zero-order chi connectivity index (χ0) is 18.4. The molecule has 0 saturated carbocycles. The number of nitrogens with zero attached hydrogens (tertiary/aromatic N) is 1. The molecule has 6 nitrogen and oxygen atoms in total. The number of hydrogen-bond donors (Lipinski definition) is 1. The van der Waals surface area contributed by atoms with Crippen LogP contribution in [0.3, 0.4) is 0 Å². The molecule has 1 N–H and O–H groups in total. The van der Waals surface area contributed by atoms with Crippen LogP contribution in [-0.2, 0) is 11.3 Å². The molecule has 0 aliphatic rings. The van der Waals surface area contributed by atoms with Crippen molar-refractivity contribution in [3.63, 3.8) is 0 Å². The molecule has 0 saturated heterocycles. The molecule has 0 spiro atoms. The molecule has 0 bridgehead atoms. The number of halogens is 2. The van der Waals surface area contributed by atoms with Crippen LogP contribution in [0.2, 0.25) is 10.0 Å². The van der Waals surface area contributed by atoms with E-state index in [0.717, 1.165) is 5.69 Å². The molecule has 0 radical (unpaired) electrons. The first-order chi connectivity index (χ1) is 11.9. The van der Waals surface area contributed by atoms with Crippen molar-refractivity contribution in [1.82, 2.24) is 9.88 Å². The van der Waals surface area contributed by atoms with Crippen LogP contribution >= 0.6 is 23.2 Å². The Morgan fingerprint density at radius 1 is 1.24 bits per heavy atom. The van der Waals surface area contributed by atoms with E-state index in [-0.39, 0.29) is 18.1 Å². The predicted octanol–water partition coefficient (Wildman–Crippen LogP) is 2.67. The quantitative estimate of drug-likeness (QED) is 0.796. The monoisotopic (exact) mass is 384 g/mol. The zero-order valence-electron chi connectivity index (χ0n) is 13.8. The van der Waals surface area contributed by atoms with Crippen molar-refractivity contribution in [3.8, 4) is 11.5 Å². The number of carbonyl (C=O) groups is 1. The molecule has 2 aromatic rings. The lowest BCUT2D eigenvalue weighted by Gasteiger charge is -2.12. The van der Waals surface area contributed by atoms with E-state index in [1.54, 1.807) is 29.7 Å². The zero-order valence-corrected chi connectivity index (χ0v) is 15.4. The lowest BCUT2D eigenvalue weighted by molar-refractivity contribution is -0.123. The van der Waals surface area contributed by atoms with Crippen LogP contribution in [0.4, 0.5) is 0 Å². The molecular weight excluding hydrogens is 367 g/mol. The molecule has 134 valence electrons. The van der Waals surface area contributed by atoms with E-state index in [1.165, 1.54) is 19.2 Å². The molecule has 8 heteroatoms. The number of rotatable bonds is 7. The summed E-state index contributed by atoms with van der Waals surface area (Å²) >= 11 is 11.8. The number of aryl methyl sites for hydroxylation is 1. The van der Waals surface area contributed by atoms with Crippen molar-refractivity contribution < 1.29 is 14.3 Å². The summed E-state index contributed by atoms with van der Waals surface area (Å²) in [7, 11) is 1.51. The van der Waals surface area contributed by atoms with Gasteiger partial charge >= 0.3 is 0 Å². The summed E-state index contributed by atoms with van der Waals surface area (Å²) in [6.45, 7) is 2.26. The van der Waals surface area contributed by atoms with Crippen molar-refractivity contribution in [1.29, 1.82) is 0 Å². The lowest BCUT2D eigenvalue weighted by atomic mass is 10.3. The van der Waals surface area contributed by atoms with Crippen LogP contribution < -0.4 is 20.3 Å². The van der Waals surface area contributed by atoms with Crippen molar-refractivity contribution in [3.05, 3.63) is 56.4 Å². The number of benzene rings is 1. The Bertz CT molecular complexity index is 821. The number of aromatic nitrogens is 1. The molecule has 1 aromatic carbocycles. The summed E-state index contributed by atoms with van der Waals surface area (Å²) in [6, 6.07) is 7.92. The van der Waals surface area contributed by atoms with Gasteiger partial charge in [-0.3, -0.25) is 9.59 Å². The van der Waals surface area contributed by atoms with E-state index in [2.05, 4.69) is 5.32 Å². The maximum atomic E-state index is 12.0. The van der Waals surface area contributed by atoms with Gasteiger partial charge in [-0.05, 0) is 31.2 Å². The Hall–Kier alpha value is -2.18. The molecule has 0 aliphatic heterocycles. The normalized spacial score (nSPS) is 10.4. The van der Waals surface area contributed by atoms with Crippen LogP contribution in [0.15, 0.2) is 35.1 Å². The van der Waals surface area contributed by atoms with Gasteiger partial charge in [-0.1, -0.05) is 23.2 Å². The average Bonchev–Trinajstić information content (AvgIpc) is 2.56. The molecular formula is C17H18Cl2N2O4. The fourth-order valence-electron chi connectivity index (χ4n) is 2.20. The molecule has 0 unspecified atom stereocenters. The number of hydrogen-bond acceptors (Lipinski definition) is 4. The summed E-state index contributed by atoms with van der Waals surface area (Å²) in [4.78, 5) is 23.8. The number of nitrogens with one attached hydrogen (secondary N) is 1. The third-order valence-corrected chi connectivity index (χ3v) is 3.99. The molecule has 2 rings (SSSR count). The summed E-state index contributed by atoms with van der Waals surface area (Å²) in [5, 5.41) is 3.51. The highest BCUT2D eigenvalue weighted by Crippen LogP contribution is 2.27. The van der Waals surface area contributed by atoms with Crippen LogP contribution in [-0.4, -0.2) is 30.7 Å². The Kier molecular flexibility index (Phi) is 6.73. The fraction of sp³-hybridized carbons (Fsp3) is 0.294. The second-order valence-electron chi connectivity index (χ2n) is 5.24. The minimum Gasteiger partial charge on any atom is -0.496 e. The fourth-order valence-corrected chi connectivity index (χ4v) is 2.66. The smallest absolute Gasteiger partial charge is 0.258 e. The Morgan fingerprint density at radius 2 is 2.00 bits per heavy atom. The van der Waals surface area contributed by atoms with Gasteiger partial charge in [0.1, 0.15) is 11.5 Å². The molecule has 0 aliphatic carbocycles. The summed E-state index contributed by atoms with van der Waals surface area (Å²) < 4.78 is 11.9. The van der Waals surface area contributed by atoms with Gasteiger partial charge in [0.05, 0.1) is 12.1 Å². The van der Waals surface area contributed by atoms with Gasteiger partial charge in [0.2, 0.25) is 0 Å². The van der Waals surface area contributed by atoms with Gasteiger partial charge in [-0.25, -0.2) is 0 Å². The van der Waals surface area contributed by atoms with Crippen molar-refractivity contribution >= 4 is 29.1 Å². The molecule has 1 aromatic heterocycles. The van der Waals surface area contributed by atoms with Crippen molar-refractivity contribution in [2.45, 2.75) is 13.5 Å². The third kappa shape index (κ3) is 5.41. The first-order valence-electron chi connectivity index (χ1n) is 7.50. The van der Waals surface area contributed by atoms with Crippen molar-refractivity contribution in [2.24, 2.45) is 0 Å². The standard InChI is InChI=1S/C17H18Cl2N2O4/c1-11-7-13(24-2)9-17(23)21(11)6-5-20-16(22)10-25-15-4-3-12(18)8-14(15)19/h3-4,7-9H,5-6,10H2,1-2H3,(H,20,22). The van der Waals surface area contributed by atoms with Gasteiger partial charge in [0.15, 0.2) is 6.61 Å². The highest BCUT2D eigenvalue weighted by molar-refractivity contribution is 6.35. The van der Waals surface area contributed by atoms with E-state index < -0.39 is 0 Å². The van der Waals surface area contributed by atoms with Gasteiger partial charge < -0.3 is 19.4 Å². The average molecular weight is 385 g/mol. The number of amides is 1. The van der Waals surface area contributed by atoms with E-state index >= 15 is 0 Å². The largest absolute Gasteiger partial charge is 0.496 e. The molecule has 1 heterocycles. The minimum atomic E-state index is -0.315. The van der Waals surface area contributed by atoms with Gasteiger partial charge in [0.25, 0.3) is 11.5 Å². The molecule has 0 atom stereocenters. The topological polar surface area (TPSA) is 69.6 Å². The SMILES string of the molecule is COc1cc(C)n(CCNC(=O)COc2ccc(Cl)cc2Cl)c(=O)c1. The maximum Gasteiger partial charge on any atom is 0.258 e. The third-order valence-electron chi connectivity index (χ3n) is 3.45. The first kappa shape index (κ1) is 19.1. The number of methoxy groups -OCH3 is 1. The number of carbonyl (C=O) groups excluding carboxylic acids is 1. The Morgan fingerprint density at radius 3 is 2.64 bits per heavy atom. The Labute approximate surface area is 155 Å². The highest BCUT2D eigenvalue weighted by atomic mass is 35.5. The van der Waals surface area contributed by atoms with Crippen LogP contribution in [0.25, 0.3) is 0 Å². The van der Waals surface area contributed by atoms with Gasteiger partial charge in [-0.2, -0.15) is 0 Å². The van der Waals surface area contributed by atoms with Gasteiger partial charge in [0, 0.05) is 29.9 Å². The molecule has 1 amide bonds. The summed E-state index contributed by atoms with van der Waals surface area (Å²) in [5.41, 5.74) is 0.568. The van der Waals surface area contributed by atoms with Crippen molar-refractivity contribution in [2.75, 3.05) is 20.3 Å². The maximum absolute atomic E-state index is 12.0. The second kappa shape index (κ2) is 8.78. The first-order valence-corrected chi connectivity index (χ1v) is 8.26. The second-order valence-corrected chi connectivity index (χ2v) is 6.08. The predicted molar refractivity (Wildman–Crippen MR) is 97.0 cm³/mol. The summed E-state index contributed by atoms with van der Waals surface area (Å²) in [6.07, 6.45) is 0. The molecule has 25 heavy (non-hydrogen) atoms. The van der Waals surface area contributed by atoms with E-state index in [0.29, 0.717) is 34.6 Å².